The van der Waals surface area contributed by atoms with Gasteiger partial charge in [0, 0.05) is 13.3 Å². The van der Waals surface area contributed by atoms with Gasteiger partial charge in [0.15, 0.2) is 0 Å². The molecule has 0 saturated carbocycles. The van der Waals surface area contributed by atoms with Crippen LogP contribution in [0, 0.1) is 18.3 Å². The smallest absolute Gasteiger partial charge is 0.327 e. The maximum atomic E-state index is 11.9. The molecule has 0 radical (unpaired) electrons. The van der Waals surface area contributed by atoms with Gasteiger partial charge in [-0.15, -0.1) is 12.3 Å². The zero-order valence-electron chi connectivity index (χ0n) is 10.7. The van der Waals surface area contributed by atoms with Crippen molar-refractivity contribution in [1.29, 1.82) is 0 Å². The summed E-state index contributed by atoms with van der Waals surface area (Å²) in [7, 11) is 0. The van der Waals surface area contributed by atoms with Gasteiger partial charge in [0.2, 0.25) is 11.8 Å². The lowest BCUT2D eigenvalue weighted by molar-refractivity contribution is -0.142. The van der Waals surface area contributed by atoms with Crippen molar-refractivity contribution in [3.8, 4) is 12.3 Å². The molecule has 0 aromatic carbocycles. The molecular weight excluding hydrogens is 236 g/mol. The van der Waals surface area contributed by atoms with Gasteiger partial charge < -0.3 is 15.7 Å². The number of nitrogens with one attached hydrogen (secondary N) is 2. The minimum Gasteiger partial charge on any atom is -0.480 e. The Labute approximate surface area is 106 Å². The number of carboxylic acids is 1. The van der Waals surface area contributed by atoms with E-state index in [-0.39, 0.29) is 18.2 Å². The van der Waals surface area contributed by atoms with Crippen LogP contribution >= 0.6 is 0 Å². The number of carbonyl (C=O) groups excluding carboxylic acids is 2. The molecule has 2 unspecified atom stereocenters. The summed E-state index contributed by atoms with van der Waals surface area (Å²) in [6, 6.07) is -1.92. The number of carboxylic acid groups (broad SMARTS) is 1. The Kier molecular flexibility index (Phi) is 6.50. The Morgan fingerprint density at radius 3 is 2.17 bits per heavy atom. The molecule has 0 aliphatic rings. The second-order valence-corrected chi connectivity index (χ2v) is 4.23. The van der Waals surface area contributed by atoms with Crippen molar-refractivity contribution >= 4 is 17.8 Å². The highest BCUT2D eigenvalue weighted by atomic mass is 16.4. The summed E-state index contributed by atoms with van der Waals surface area (Å²) in [5.74, 6) is -0.0868. The second-order valence-electron chi connectivity index (χ2n) is 4.23. The van der Waals surface area contributed by atoms with Crippen molar-refractivity contribution in [3.05, 3.63) is 0 Å². The third-order valence-electron chi connectivity index (χ3n) is 2.24. The molecule has 6 nitrogen and oxygen atoms in total. The fraction of sp³-hybridized carbons (Fsp3) is 0.583. The van der Waals surface area contributed by atoms with Crippen LogP contribution < -0.4 is 10.6 Å². The molecule has 100 valence electrons. The van der Waals surface area contributed by atoms with Crippen molar-refractivity contribution in [1.82, 2.24) is 10.6 Å². The van der Waals surface area contributed by atoms with Crippen molar-refractivity contribution < 1.29 is 19.5 Å². The van der Waals surface area contributed by atoms with Crippen LogP contribution in [-0.4, -0.2) is 35.0 Å². The van der Waals surface area contributed by atoms with Gasteiger partial charge >= 0.3 is 5.97 Å². The van der Waals surface area contributed by atoms with E-state index in [1.165, 1.54) is 6.92 Å². The molecule has 0 heterocycles. The molecule has 0 aliphatic carbocycles. The number of hydrogen-bond acceptors (Lipinski definition) is 3. The summed E-state index contributed by atoms with van der Waals surface area (Å²) in [6.45, 7) is 4.78. The van der Waals surface area contributed by atoms with Crippen LogP contribution in [0.2, 0.25) is 0 Å². The number of rotatable bonds is 6. The molecule has 0 aromatic heterocycles. The van der Waals surface area contributed by atoms with E-state index in [0.29, 0.717) is 0 Å². The minimum absolute atomic E-state index is 0.105. The lowest BCUT2D eigenvalue weighted by Crippen LogP contribution is -2.53. The normalized spacial score (nSPS) is 13.3. The lowest BCUT2D eigenvalue weighted by atomic mass is 10.0. The first-order chi connectivity index (χ1) is 8.29. The highest BCUT2D eigenvalue weighted by Crippen LogP contribution is 2.03. The van der Waals surface area contributed by atoms with Crippen LogP contribution in [0.15, 0.2) is 0 Å². The zero-order valence-corrected chi connectivity index (χ0v) is 10.7. The topological polar surface area (TPSA) is 95.5 Å². The van der Waals surface area contributed by atoms with Crippen molar-refractivity contribution in [3.63, 3.8) is 0 Å². The second kappa shape index (κ2) is 7.33. The Bertz CT molecular complexity index is 371. The van der Waals surface area contributed by atoms with Gasteiger partial charge in [-0.1, -0.05) is 13.8 Å². The first-order valence-corrected chi connectivity index (χ1v) is 5.53. The largest absolute Gasteiger partial charge is 0.480 e. The summed E-state index contributed by atoms with van der Waals surface area (Å²) < 4.78 is 0. The van der Waals surface area contributed by atoms with Gasteiger partial charge in [-0.25, -0.2) is 4.79 Å². The molecule has 0 saturated heterocycles. The molecule has 6 heteroatoms. The molecule has 2 amide bonds. The predicted octanol–water partition coefficient (Wildman–Crippen LogP) is -0.260. The Balaban J connectivity index is 4.72. The monoisotopic (exact) mass is 254 g/mol. The zero-order chi connectivity index (χ0) is 14.3. The van der Waals surface area contributed by atoms with E-state index < -0.39 is 24.0 Å². The SMILES string of the molecule is C#CCC(NC(=O)C(NC(C)=O)C(C)C)C(=O)O. The third kappa shape index (κ3) is 5.34. The average molecular weight is 254 g/mol. The van der Waals surface area contributed by atoms with E-state index in [4.69, 9.17) is 11.5 Å². The van der Waals surface area contributed by atoms with Crippen LogP contribution in [0.3, 0.4) is 0 Å². The summed E-state index contributed by atoms with van der Waals surface area (Å²) >= 11 is 0. The first-order valence-electron chi connectivity index (χ1n) is 5.53. The van der Waals surface area contributed by atoms with Crippen molar-refractivity contribution in [2.75, 3.05) is 0 Å². The average Bonchev–Trinajstić information content (AvgIpc) is 2.24. The van der Waals surface area contributed by atoms with Crippen molar-refractivity contribution in [2.24, 2.45) is 5.92 Å². The van der Waals surface area contributed by atoms with Gasteiger partial charge in [0.1, 0.15) is 12.1 Å². The molecule has 18 heavy (non-hydrogen) atoms. The Hall–Kier alpha value is -2.03. The molecule has 3 N–H and O–H groups in total. The lowest BCUT2D eigenvalue weighted by Gasteiger charge is -2.22. The number of carbonyl (C=O) groups is 3. The van der Waals surface area contributed by atoms with Gasteiger partial charge in [-0.2, -0.15) is 0 Å². The van der Waals surface area contributed by atoms with E-state index in [0.717, 1.165) is 0 Å². The summed E-state index contributed by atoms with van der Waals surface area (Å²) in [5, 5.41) is 13.6. The fourth-order valence-corrected chi connectivity index (χ4v) is 1.33. The summed E-state index contributed by atoms with van der Waals surface area (Å²) in [4.78, 5) is 33.7. The maximum Gasteiger partial charge on any atom is 0.327 e. The van der Waals surface area contributed by atoms with E-state index in [2.05, 4.69) is 16.6 Å². The van der Waals surface area contributed by atoms with Gasteiger partial charge in [0.25, 0.3) is 0 Å². The number of aliphatic carboxylic acids is 1. The standard InChI is InChI=1S/C12H18N2O4/c1-5-6-9(12(17)18)14-11(16)10(7(2)3)13-8(4)15/h1,7,9-10H,6H2,2-4H3,(H,13,15)(H,14,16)(H,17,18). The predicted molar refractivity (Wildman–Crippen MR) is 65.5 cm³/mol. The van der Waals surface area contributed by atoms with E-state index >= 15 is 0 Å². The van der Waals surface area contributed by atoms with Crippen molar-refractivity contribution in [2.45, 2.75) is 39.3 Å². The third-order valence-corrected chi connectivity index (χ3v) is 2.24. The molecule has 0 rings (SSSR count). The summed E-state index contributed by atoms with van der Waals surface area (Å²) in [5.41, 5.74) is 0. The summed E-state index contributed by atoms with van der Waals surface area (Å²) in [6.07, 6.45) is 4.92. The van der Waals surface area contributed by atoms with Gasteiger partial charge in [-0.3, -0.25) is 9.59 Å². The molecule has 0 aromatic rings. The number of amides is 2. The fourth-order valence-electron chi connectivity index (χ4n) is 1.33. The molecule has 0 aliphatic heterocycles. The molecule has 0 bridgehead atoms. The quantitative estimate of drug-likeness (QED) is 0.569. The highest BCUT2D eigenvalue weighted by Gasteiger charge is 2.27. The molecular formula is C12H18N2O4. The van der Waals surface area contributed by atoms with E-state index in [9.17, 15) is 14.4 Å². The molecule has 0 fully saturated rings. The van der Waals surface area contributed by atoms with Crippen LogP contribution in [0.1, 0.15) is 27.2 Å². The number of hydrogen-bond donors (Lipinski definition) is 3. The molecule has 0 spiro atoms. The number of terminal acetylenes is 1. The van der Waals surface area contributed by atoms with Crippen LogP contribution in [0.25, 0.3) is 0 Å². The van der Waals surface area contributed by atoms with Crippen LogP contribution in [-0.2, 0) is 14.4 Å². The van der Waals surface area contributed by atoms with Crippen LogP contribution in [0.4, 0.5) is 0 Å². The highest BCUT2D eigenvalue weighted by molar-refractivity contribution is 5.90. The van der Waals surface area contributed by atoms with Crippen LogP contribution in [0.5, 0.6) is 0 Å². The van der Waals surface area contributed by atoms with Gasteiger partial charge in [-0.05, 0) is 5.92 Å². The Morgan fingerprint density at radius 1 is 1.28 bits per heavy atom. The van der Waals surface area contributed by atoms with Gasteiger partial charge in [0.05, 0.1) is 0 Å². The molecule has 2 atom stereocenters. The minimum atomic E-state index is -1.20. The first kappa shape index (κ1) is 16.0. The van der Waals surface area contributed by atoms with E-state index in [1.54, 1.807) is 13.8 Å². The Morgan fingerprint density at radius 2 is 1.83 bits per heavy atom. The van der Waals surface area contributed by atoms with E-state index in [1.807, 2.05) is 0 Å². The maximum absolute atomic E-state index is 11.9.